The molecule has 1 amide bonds. The summed E-state index contributed by atoms with van der Waals surface area (Å²) in [6.07, 6.45) is 2.58. The van der Waals surface area contributed by atoms with E-state index in [0.717, 1.165) is 12.8 Å². The standard InChI is InChI=1S/C15H32N2O2/c1-11(10-12(2)18)17-14(19)7-6-13(8-9-16)15(3,4)5/h11-13,18H,6-10,16H2,1-5H3,(H,17,19). The van der Waals surface area contributed by atoms with Gasteiger partial charge in [-0.15, -0.1) is 0 Å². The van der Waals surface area contributed by atoms with E-state index in [0.29, 0.717) is 25.3 Å². The third-order valence-electron chi connectivity index (χ3n) is 3.56. The summed E-state index contributed by atoms with van der Waals surface area (Å²) in [5.74, 6) is 0.537. The summed E-state index contributed by atoms with van der Waals surface area (Å²) < 4.78 is 0. The van der Waals surface area contributed by atoms with Crippen molar-refractivity contribution in [2.24, 2.45) is 17.1 Å². The molecule has 0 aliphatic rings. The SMILES string of the molecule is CC(O)CC(C)NC(=O)CCC(CCN)C(C)(C)C. The largest absolute Gasteiger partial charge is 0.393 e. The van der Waals surface area contributed by atoms with Crippen LogP contribution in [0.3, 0.4) is 0 Å². The molecule has 0 heterocycles. The van der Waals surface area contributed by atoms with E-state index >= 15 is 0 Å². The molecule has 0 radical (unpaired) electrons. The first-order valence-corrected chi connectivity index (χ1v) is 7.34. The Morgan fingerprint density at radius 3 is 2.26 bits per heavy atom. The van der Waals surface area contributed by atoms with Crippen molar-refractivity contribution in [3.05, 3.63) is 0 Å². The second kappa shape index (κ2) is 8.54. The van der Waals surface area contributed by atoms with Crippen LogP contribution in [0.5, 0.6) is 0 Å². The number of aliphatic hydroxyl groups excluding tert-OH is 1. The molecule has 0 saturated heterocycles. The van der Waals surface area contributed by atoms with Crippen molar-refractivity contribution < 1.29 is 9.90 Å². The maximum absolute atomic E-state index is 11.8. The van der Waals surface area contributed by atoms with Gasteiger partial charge < -0.3 is 16.2 Å². The summed E-state index contributed by atoms with van der Waals surface area (Å²) in [6, 6.07) is 0.0232. The lowest BCUT2D eigenvalue weighted by atomic mass is 9.76. The summed E-state index contributed by atoms with van der Waals surface area (Å²) in [5.41, 5.74) is 5.83. The zero-order valence-electron chi connectivity index (χ0n) is 13.2. The molecule has 4 heteroatoms. The zero-order valence-corrected chi connectivity index (χ0v) is 13.2. The fourth-order valence-electron chi connectivity index (χ4n) is 2.43. The van der Waals surface area contributed by atoms with Crippen LogP contribution in [0.2, 0.25) is 0 Å². The van der Waals surface area contributed by atoms with E-state index < -0.39 is 0 Å². The van der Waals surface area contributed by atoms with Gasteiger partial charge in [-0.2, -0.15) is 0 Å². The smallest absolute Gasteiger partial charge is 0.220 e. The molecule has 4 N–H and O–H groups in total. The predicted molar refractivity (Wildman–Crippen MR) is 79.8 cm³/mol. The Morgan fingerprint density at radius 1 is 1.26 bits per heavy atom. The van der Waals surface area contributed by atoms with Crippen LogP contribution in [0.25, 0.3) is 0 Å². The van der Waals surface area contributed by atoms with Gasteiger partial charge in [0.1, 0.15) is 0 Å². The van der Waals surface area contributed by atoms with E-state index in [2.05, 4.69) is 26.1 Å². The minimum absolute atomic E-state index is 0.0232. The van der Waals surface area contributed by atoms with Crippen molar-refractivity contribution >= 4 is 5.91 Å². The number of rotatable bonds is 8. The Balaban J connectivity index is 4.12. The normalized spacial score (nSPS) is 16.8. The average Bonchev–Trinajstić information content (AvgIpc) is 2.20. The van der Waals surface area contributed by atoms with Gasteiger partial charge in [0.05, 0.1) is 6.10 Å². The van der Waals surface area contributed by atoms with Crippen molar-refractivity contribution in [3.8, 4) is 0 Å². The molecule has 0 spiro atoms. The highest BCUT2D eigenvalue weighted by Gasteiger charge is 2.24. The van der Waals surface area contributed by atoms with Gasteiger partial charge in [0, 0.05) is 12.5 Å². The van der Waals surface area contributed by atoms with E-state index in [1.807, 2.05) is 6.92 Å². The highest BCUT2D eigenvalue weighted by Crippen LogP contribution is 2.31. The van der Waals surface area contributed by atoms with Crippen molar-refractivity contribution in [1.82, 2.24) is 5.32 Å². The molecule has 0 saturated carbocycles. The molecule has 0 bridgehead atoms. The van der Waals surface area contributed by atoms with Crippen LogP contribution in [-0.2, 0) is 4.79 Å². The second-order valence-electron chi connectivity index (χ2n) is 6.73. The van der Waals surface area contributed by atoms with E-state index in [4.69, 9.17) is 5.73 Å². The topological polar surface area (TPSA) is 75.3 Å². The fourth-order valence-corrected chi connectivity index (χ4v) is 2.43. The molecule has 19 heavy (non-hydrogen) atoms. The molecule has 0 aromatic heterocycles. The zero-order chi connectivity index (χ0) is 15.1. The summed E-state index contributed by atoms with van der Waals surface area (Å²) in [7, 11) is 0. The number of nitrogens with two attached hydrogens (primary N) is 1. The number of hydrogen-bond acceptors (Lipinski definition) is 3. The van der Waals surface area contributed by atoms with Crippen LogP contribution >= 0.6 is 0 Å². The van der Waals surface area contributed by atoms with Gasteiger partial charge >= 0.3 is 0 Å². The first-order chi connectivity index (χ1) is 8.66. The number of aliphatic hydroxyl groups is 1. The number of nitrogens with one attached hydrogen (secondary N) is 1. The minimum Gasteiger partial charge on any atom is -0.393 e. The predicted octanol–water partition coefficient (Wildman–Crippen LogP) is 2.05. The average molecular weight is 272 g/mol. The minimum atomic E-state index is -0.380. The number of hydrogen-bond donors (Lipinski definition) is 3. The van der Waals surface area contributed by atoms with E-state index in [-0.39, 0.29) is 23.5 Å². The van der Waals surface area contributed by atoms with Crippen LogP contribution in [0.15, 0.2) is 0 Å². The van der Waals surface area contributed by atoms with Gasteiger partial charge in [-0.25, -0.2) is 0 Å². The van der Waals surface area contributed by atoms with Crippen LogP contribution < -0.4 is 11.1 Å². The molecule has 114 valence electrons. The lowest BCUT2D eigenvalue weighted by Gasteiger charge is -2.30. The molecule has 0 aromatic rings. The van der Waals surface area contributed by atoms with Crippen LogP contribution in [0, 0.1) is 11.3 Å². The summed E-state index contributed by atoms with van der Waals surface area (Å²) in [5, 5.41) is 12.2. The summed E-state index contributed by atoms with van der Waals surface area (Å²) in [6.45, 7) is 10.9. The van der Waals surface area contributed by atoms with Gasteiger partial charge in [-0.3, -0.25) is 4.79 Å². The maximum Gasteiger partial charge on any atom is 0.220 e. The first-order valence-electron chi connectivity index (χ1n) is 7.34. The molecule has 0 aliphatic carbocycles. The molecule has 4 nitrogen and oxygen atoms in total. The Kier molecular flexibility index (Phi) is 8.26. The maximum atomic E-state index is 11.8. The number of carbonyl (C=O) groups is 1. The highest BCUT2D eigenvalue weighted by atomic mass is 16.3. The lowest BCUT2D eigenvalue weighted by molar-refractivity contribution is -0.122. The molecule has 0 fully saturated rings. The van der Waals surface area contributed by atoms with Crippen molar-refractivity contribution in [1.29, 1.82) is 0 Å². The van der Waals surface area contributed by atoms with Crippen LogP contribution in [0.1, 0.15) is 60.3 Å². The molecule has 3 unspecified atom stereocenters. The fraction of sp³-hybridized carbons (Fsp3) is 0.933. The van der Waals surface area contributed by atoms with Crippen LogP contribution in [-0.4, -0.2) is 29.7 Å². The monoisotopic (exact) mass is 272 g/mol. The molecule has 0 rings (SSSR count). The van der Waals surface area contributed by atoms with Gasteiger partial charge in [0.15, 0.2) is 0 Å². The second-order valence-corrected chi connectivity index (χ2v) is 6.73. The Labute approximate surface area is 118 Å². The van der Waals surface area contributed by atoms with Crippen LogP contribution in [0.4, 0.5) is 0 Å². The third kappa shape index (κ3) is 9.00. The number of amides is 1. The number of carbonyl (C=O) groups excluding carboxylic acids is 1. The molecular formula is C15H32N2O2. The van der Waals surface area contributed by atoms with Crippen molar-refractivity contribution in [2.45, 2.75) is 72.4 Å². The molecular weight excluding hydrogens is 240 g/mol. The lowest BCUT2D eigenvalue weighted by Crippen LogP contribution is -2.35. The van der Waals surface area contributed by atoms with Crippen molar-refractivity contribution in [2.75, 3.05) is 6.54 Å². The van der Waals surface area contributed by atoms with E-state index in [1.54, 1.807) is 6.92 Å². The Bertz CT molecular complexity index is 259. The van der Waals surface area contributed by atoms with E-state index in [9.17, 15) is 9.90 Å². The quantitative estimate of drug-likeness (QED) is 0.633. The molecule has 0 aliphatic heterocycles. The van der Waals surface area contributed by atoms with Gasteiger partial charge in [-0.05, 0) is 51.0 Å². The van der Waals surface area contributed by atoms with E-state index in [1.165, 1.54) is 0 Å². The van der Waals surface area contributed by atoms with Gasteiger partial charge in [-0.1, -0.05) is 20.8 Å². The molecule has 3 atom stereocenters. The Morgan fingerprint density at radius 2 is 1.84 bits per heavy atom. The summed E-state index contributed by atoms with van der Waals surface area (Å²) >= 11 is 0. The van der Waals surface area contributed by atoms with Crippen molar-refractivity contribution in [3.63, 3.8) is 0 Å². The first kappa shape index (κ1) is 18.4. The third-order valence-corrected chi connectivity index (χ3v) is 3.56. The van der Waals surface area contributed by atoms with Gasteiger partial charge in [0.25, 0.3) is 0 Å². The molecule has 0 aromatic carbocycles. The summed E-state index contributed by atoms with van der Waals surface area (Å²) in [4.78, 5) is 11.8. The highest BCUT2D eigenvalue weighted by molar-refractivity contribution is 5.76. The van der Waals surface area contributed by atoms with Gasteiger partial charge in [0.2, 0.25) is 5.91 Å². The Hall–Kier alpha value is -0.610.